The number of ether oxygens (including phenoxy) is 1. The van der Waals surface area contributed by atoms with E-state index in [1.807, 2.05) is 11.4 Å². The van der Waals surface area contributed by atoms with Crippen LogP contribution in [0.4, 0.5) is 0 Å². The zero-order valence-corrected chi connectivity index (χ0v) is 10.1. The standard InChI is InChI=1S/C13H9NO3S/c14-7-12-10(5-6-18-12)8-17-11-3-1-9(2-4-11)13(15)16/h1-6H,8H2,(H,15,16). The van der Waals surface area contributed by atoms with Gasteiger partial charge in [0.05, 0.1) is 5.56 Å². The third kappa shape index (κ3) is 2.67. The molecule has 90 valence electrons. The maximum Gasteiger partial charge on any atom is 0.335 e. The number of carboxylic acid groups (broad SMARTS) is 1. The first kappa shape index (κ1) is 12.1. The van der Waals surface area contributed by atoms with Gasteiger partial charge in [-0.25, -0.2) is 4.79 Å². The SMILES string of the molecule is N#Cc1sccc1COc1ccc(C(=O)O)cc1. The zero-order chi connectivity index (χ0) is 13.0. The van der Waals surface area contributed by atoms with Crippen molar-refractivity contribution in [3.63, 3.8) is 0 Å². The van der Waals surface area contributed by atoms with Crippen LogP contribution in [0.3, 0.4) is 0 Å². The van der Waals surface area contributed by atoms with Crippen LogP contribution in [0.2, 0.25) is 0 Å². The van der Waals surface area contributed by atoms with E-state index in [-0.39, 0.29) is 5.56 Å². The highest BCUT2D eigenvalue weighted by Crippen LogP contribution is 2.19. The van der Waals surface area contributed by atoms with Crippen molar-refractivity contribution in [2.45, 2.75) is 6.61 Å². The zero-order valence-electron chi connectivity index (χ0n) is 9.29. The number of hydrogen-bond acceptors (Lipinski definition) is 4. The van der Waals surface area contributed by atoms with Gasteiger partial charge in [-0.1, -0.05) is 0 Å². The number of aromatic carboxylic acids is 1. The molecule has 0 aliphatic carbocycles. The molecule has 0 bridgehead atoms. The molecule has 2 aromatic rings. The lowest BCUT2D eigenvalue weighted by molar-refractivity contribution is 0.0697. The number of hydrogen-bond donors (Lipinski definition) is 1. The molecular formula is C13H9NO3S. The lowest BCUT2D eigenvalue weighted by Crippen LogP contribution is -1.98. The predicted octanol–water partition coefficient (Wildman–Crippen LogP) is 2.90. The molecular weight excluding hydrogens is 250 g/mol. The third-order valence-corrected chi connectivity index (χ3v) is 3.21. The largest absolute Gasteiger partial charge is 0.489 e. The second kappa shape index (κ2) is 5.34. The smallest absolute Gasteiger partial charge is 0.335 e. The average Bonchev–Trinajstić information content (AvgIpc) is 2.84. The summed E-state index contributed by atoms with van der Waals surface area (Å²) in [6, 6.07) is 10.1. The first-order valence-electron chi connectivity index (χ1n) is 5.13. The molecule has 0 atom stereocenters. The molecule has 1 aromatic carbocycles. The molecule has 1 heterocycles. The first-order valence-corrected chi connectivity index (χ1v) is 6.01. The minimum absolute atomic E-state index is 0.218. The van der Waals surface area contributed by atoms with Gasteiger partial charge in [0.2, 0.25) is 0 Å². The first-order chi connectivity index (χ1) is 8.70. The Morgan fingerprint density at radius 3 is 2.67 bits per heavy atom. The van der Waals surface area contributed by atoms with Crippen molar-refractivity contribution in [1.29, 1.82) is 5.26 Å². The quantitative estimate of drug-likeness (QED) is 0.916. The molecule has 1 aromatic heterocycles. The molecule has 0 fully saturated rings. The van der Waals surface area contributed by atoms with E-state index < -0.39 is 5.97 Å². The molecule has 0 spiro atoms. The summed E-state index contributed by atoms with van der Waals surface area (Å²) in [5.74, 6) is -0.388. The van der Waals surface area contributed by atoms with E-state index in [2.05, 4.69) is 6.07 Å². The molecule has 0 aliphatic heterocycles. The average molecular weight is 259 g/mol. The van der Waals surface area contributed by atoms with Crippen molar-refractivity contribution in [3.8, 4) is 11.8 Å². The molecule has 0 aliphatic rings. The highest BCUT2D eigenvalue weighted by molar-refractivity contribution is 7.10. The topological polar surface area (TPSA) is 70.3 Å². The van der Waals surface area contributed by atoms with Gasteiger partial charge in [0.1, 0.15) is 23.3 Å². The monoisotopic (exact) mass is 259 g/mol. The number of benzene rings is 1. The van der Waals surface area contributed by atoms with Crippen molar-refractivity contribution in [3.05, 3.63) is 51.7 Å². The minimum atomic E-state index is -0.967. The predicted molar refractivity (Wildman–Crippen MR) is 66.8 cm³/mol. The van der Waals surface area contributed by atoms with Crippen LogP contribution in [0.5, 0.6) is 5.75 Å². The molecule has 2 rings (SSSR count). The van der Waals surface area contributed by atoms with Gasteiger partial charge in [-0.05, 0) is 35.7 Å². The molecule has 0 saturated heterocycles. The fraction of sp³-hybridized carbons (Fsp3) is 0.0769. The number of carbonyl (C=O) groups is 1. The Kier molecular flexibility index (Phi) is 3.60. The van der Waals surface area contributed by atoms with Crippen LogP contribution in [0, 0.1) is 11.3 Å². The lowest BCUT2D eigenvalue weighted by Gasteiger charge is -2.05. The van der Waals surface area contributed by atoms with Crippen LogP contribution < -0.4 is 4.74 Å². The number of rotatable bonds is 4. The summed E-state index contributed by atoms with van der Waals surface area (Å²) in [6.45, 7) is 0.304. The molecule has 4 nitrogen and oxygen atoms in total. The Morgan fingerprint density at radius 2 is 2.06 bits per heavy atom. The van der Waals surface area contributed by atoms with Crippen LogP contribution in [-0.4, -0.2) is 11.1 Å². The Hall–Kier alpha value is -2.32. The van der Waals surface area contributed by atoms with Gasteiger partial charge in [0.15, 0.2) is 0 Å². The van der Waals surface area contributed by atoms with Crippen LogP contribution in [0.1, 0.15) is 20.8 Å². The third-order valence-electron chi connectivity index (χ3n) is 2.34. The van der Waals surface area contributed by atoms with E-state index in [0.29, 0.717) is 17.2 Å². The van der Waals surface area contributed by atoms with Gasteiger partial charge < -0.3 is 9.84 Å². The fourth-order valence-electron chi connectivity index (χ4n) is 1.40. The van der Waals surface area contributed by atoms with Crippen LogP contribution in [0.25, 0.3) is 0 Å². The Balaban J connectivity index is 2.03. The summed E-state index contributed by atoms with van der Waals surface area (Å²) in [5, 5.41) is 19.4. The number of nitrogens with zero attached hydrogens (tertiary/aromatic N) is 1. The minimum Gasteiger partial charge on any atom is -0.489 e. The van der Waals surface area contributed by atoms with Crippen LogP contribution in [0.15, 0.2) is 35.7 Å². The van der Waals surface area contributed by atoms with E-state index >= 15 is 0 Å². The van der Waals surface area contributed by atoms with Gasteiger partial charge in [0, 0.05) is 5.56 Å². The molecule has 1 N–H and O–H groups in total. The van der Waals surface area contributed by atoms with E-state index in [1.54, 1.807) is 12.1 Å². The summed E-state index contributed by atoms with van der Waals surface area (Å²) < 4.78 is 5.49. The highest BCUT2D eigenvalue weighted by atomic mass is 32.1. The second-order valence-electron chi connectivity index (χ2n) is 3.50. The van der Waals surface area contributed by atoms with Crippen molar-refractivity contribution in [2.24, 2.45) is 0 Å². The normalized spacial score (nSPS) is 9.72. The fourth-order valence-corrected chi connectivity index (χ4v) is 2.10. The Morgan fingerprint density at radius 1 is 1.33 bits per heavy atom. The molecule has 0 radical (unpaired) electrons. The van der Waals surface area contributed by atoms with Gasteiger partial charge >= 0.3 is 5.97 Å². The van der Waals surface area contributed by atoms with Crippen molar-refractivity contribution in [1.82, 2.24) is 0 Å². The summed E-state index contributed by atoms with van der Waals surface area (Å²) in [4.78, 5) is 11.3. The maximum atomic E-state index is 10.7. The van der Waals surface area contributed by atoms with Gasteiger partial charge in [0.25, 0.3) is 0 Å². The summed E-state index contributed by atoms with van der Waals surface area (Å²) in [7, 11) is 0. The van der Waals surface area contributed by atoms with Crippen molar-refractivity contribution < 1.29 is 14.6 Å². The van der Waals surface area contributed by atoms with E-state index in [1.165, 1.54) is 23.5 Å². The Labute approximate surface area is 108 Å². The molecule has 5 heteroatoms. The van der Waals surface area contributed by atoms with E-state index in [9.17, 15) is 4.79 Å². The Bertz CT molecular complexity index is 595. The molecule has 0 unspecified atom stereocenters. The van der Waals surface area contributed by atoms with Crippen LogP contribution >= 0.6 is 11.3 Å². The highest BCUT2D eigenvalue weighted by Gasteiger charge is 2.05. The molecule has 0 saturated carbocycles. The molecule has 18 heavy (non-hydrogen) atoms. The van der Waals surface area contributed by atoms with E-state index in [4.69, 9.17) is 15.1 Å². The van der Waals surface area contributed by atoms with Gasteiger partial charge in [-0.15, -0.1) is 11.3 Å². The van der Waals surface area contributed by atoms with Crippen LogP contribution in [-0.2, 0) is 6.61 Å². The van der Waals surface area contributed by atoms with Gasteiger partial charge in [-0.2, -0.15) is 5.26 Å². The number of nitriles is 1. The molecule has 0 amide bonds. The maximum absolute atomic E-state index is 10.7. The summed E-state index contributed by atoms with van der Waals surface area (Å²) in [6.07, 6.45) is 0. The summed E-state index contributed by atoms with van der Waals surface area (Å²) in [5.41, 5.74) is 1.06. The van der Waals surface area contributed by atoms with Crippen molar-refractivity contribution >= 4 is 17.3 Å². The number of carboxylic acids is 1. The van der Waals surface area contributed by atoms with E-state index in [0.717, 1.165) is 5.56 Å². The summed E-state index contributed by atoms with van der Waals surface area (Å²) >= 11 is 1.37. The second-order valence-corrected chi connectivity index (χ2v) is 4.42. The lowest BCUT2D eigenvalue weighted by atomic mass is 10.2. The van der Waals surface area contributed by atoms with Gasteiger partial charge in [-0.3, -0.25) is 0 Å². The number of thiophene rings is 1. The van der Waals surface area contributed by atoms with Crippen molar-refractivity contribution in [2.75, 3.05) is 0 Å².